The third-order valence-electron chi connectivity index (χ3n) is 1.44. The molecular formula is C8H9N3OS. The van der Waals surface area contributed by atoms with Crippen LogP contribution in [0.15, 0.2) is 11.4 Å². The van der Waals surface area contributed by atoms with Crippen molar-refractivity contribution in [3.8, 4) is 6.07 Å². The van der Waals surface area contributed by atoms with Gasteiger partial charge in [0, 0.05) is 0 Å². The lowest BCUT2D eigenvalue weighted by Crippen LogP contribution is -2.32. The summed E-state index contributed by atoms with van der Waals surface area (Å²) in [5.74, 6) is -0.279. The Hall–Kier alpha value is -1.38. The van der Waals surface area contributed by atoms with Crippen LogP contribution in [0.1, 0.15) is 12.5 Å². The molecule has 0 aromatic carbocycles. The maximum absolute atomic E-state index is 11.1. The molecule has 0 unspecified atom stereocenters. The predicted molar refractivity (Wildman–Crippen MR) is 51.3 cm³/mol. The number of hydrogen-bond donors (Lipinski definition) is 2. The Morgan fingerprint density at radius 2 is 2.54 bits per heavy atom. The van der Waals surface area contributed by atoms with Crippen molar-refractivity contribution in [3.63, 3.8) is 0 Å². The van der Waals surface area contributed by atoms with Crippen LogP contribution in [-0.2, 0) is 4.79 Å². The number of anilines is 1. The van der Waals surface area contributed by atoms with Crippen LogP contribution < -0.4 is 11.1 Å². The highest BCUT2D eigenvalue weighted by Gasteiger charge is 2.10. The van der Waals surface area contributed by atoms with E-state index in [4.69, 9.17) is 11.0 Å². The van der Waals surface area contributed by atoms with Gasteiger partial charge in [-0.15, -0.1) is 11.3 Å². The molecule has 68 valence electrons. The van der Waals surface area contributed by atoms with Crippen molar-refractivity contribution >= 4 is 22.2 Å². The van der Waals surface area contributed by atoms with E-state index in [1.165, 1.54) is 11.3 Å². The predicted octanol–water partition coefficient (Wildman–Crippen LogP) is 0.905. The lowest BCUT2D eigenvalue weighted by molar-refractivity contribution is -0.117. The number of carbonyl (C=O) groups is 1. The normalized spacial score (nSPS) is 11.8. The number of nitrogens with two attached hydrogens (primary N) is 1. The second kappa shape index (κ2) is 4.03. The molecule has 0 saturated heterocycles. The first kappa shape index (κ1) is 9.71. The Balaban J connectivity index is 2.76. The molecule has 0 radical (unpaired) electrons. The third kappa shape index (κ3) is 2.28. The van der Waals surface area contributed by atoms with Crippen molar-refractivity contribution in [2.45, 2.75) is 13.0 Å². The van der Waals surface area contributed by atoms with E-state index < -0.39 is 6.04 Å². The van der Waals surface area contributed by atoms with Gasteiger partial charge in [-0.05, 0) is 18.4 Å². The van der Waals surface area contributed by atoms with E-state index in [2.05, 4.69) is 5.32 Å². The number of rotatable bonds is 2. The summed E-state index contributed by atoms with van der Waals surface area (Å²) in [7, 11) is 0. The molecule has 0 aliphatic heterocycles. The first-order valence-corrected chi connectivity index (χ1v) is 4.57. The summed E-state index contributed by atoms with van der Waals surface area (Å²) in [4.78, 5) is 11.1. The molecular weight excluding hydrogens is 186 g/mol. The summed E-state index contributed by atoms with van der Waals surface area (Å²) in [5.41, 5.74) is 5.83. The summed E-state index contributed by atoms with van der Waals surface area (Å²) in [6, 6.07) is 3.07. The zero-order chi connectivity index (χ0) is 9.84. The topological polar surface area (TPSA) is 78.9 Å². The maximum Gasteiger partial charge on any atom is 0.241 e. The standard InChI is InChI=1S/C8H9N3OS/c1-5(10)7(12)11-8-6(4-9)2-3-13-8/h2-3,5H,10H2,1H3,(H,11,12)/t5-/m1/s1. The number of carbonyl (C=O) groups excluding carboxylic acids is 1. The minimum atomic E-state index is -0.561. The second-order valence-corrected chi connectivity index (χ2v) is 3.47. The number of amides is 1. The highest BCUT2D eigenvalue weighted by molar-refractivity contribution is 7.14. The van der Waals surface area contributed by atoms with Gasteiger partial charge in [0.25, 0.3) is 0 Å². The van der Waals surface area contributed by atoms with Gasteiger partial charge in [-0.2, -0.15) is 5.26 Å². The zero-order valence-corrected chi connectivity index (χ0v) is 7.89. The molecule has 5 heteroatoms. The number of thiophene rings is 1. The van der Waals surface area contributed by atoms with Crippen LogP contribution in [0, 0.1) is 11.3 Å². The van der Waals surface area contributed by atoms with E-state index >= 15 is 0 Å². The van der Waals surface area contributed by atoms with Crippen LogP contribution >= 0.6 is 11.3 Å². The van der Waals surface area contributed by atoms with Gasteiger partial charge in [-0.25, -0.2) is 0 Å². The van der Waals surface area contributed by atoms with Gasteiger partial charge in [-0.3, -0.25) is 4.79 Å². The van der Waals surface area contributed by atoms with Gasteiger partial charge >= 0.3 is 0 Å². The van der Waals surface area contributed by atoms with Gasteiger partial charge < -0.3 is 11.1 Å². The van der Waals surface area contributed by atoms with Gasteiger partial charge in [-0.1, -0.05) is 0 Å². The molecule has 0 bridgehead atoms. The van der Waals surface area contributed by atoms with E-state index in [9.17, 15) is 4.79 Å². The molecule has 4 nitrogen and oxygen atoms in total. The molecule has 3 N–H and O–H groups in total. The van der Waals surface area contributed by atoms with Crippen LogP contribution in [0.25, 0.3) is 0 Å². The molecule has 13 heavy (non-hydrogen) atoms. The van der Waals surface area contributed by atoms with Crippen LogP contribution in [0.2, 0.25) is 0 Å². The van der Waals surface area contributed by atoms with Crippen molar-refractivity contribution in [2.75, 3.05) is 5.32 Å². The van der Waals surface area contributed by atoms with E-state index in [0.717, 1.165) is 0 Å². The van der Waals surface area contributed by atoms with Crippen molar-refractivity contribution in [1.29, 1.82) is 5.26 Å². The molecule has 1 aromatic rings. The fraction of sp³-hybridized carbons (Fsp3) is 0.250. The van der Waals surface area contributed by atoms with E-state index in [-0.39, 0.29) is 5.91 Å². The molecule has 1 rings (SSSR count). The SMILES string of the molecule is C[C@@H](N)C(=O)Nc1sccc1C#N. The lowest BCUT2D eigenvalue weighted by Gasteiger charge is -2.04. The molecule has 0 spiro atoms. The zero-order valence-electron chi connectivity index (χ0n) is 7.07. The molecule has 1 amide bonds. The summed E-state index contributed by atoms with van der Waals surface area (Å²) >= 11 is 1.31. The lowest BCUT2D eigenvalue weighted by atomic mass is 10.3. The van der Waals surface area contributed by atoms with E-state index in [1.807, 2.05) is 6.07 Å². The van der Waals surface area contributed by atoms with Gasteiger partial charge in [0.2, 0.25) is 5.91 Å². The highest BCUT2D eigenvalue weighted by atomic mass is 32.1. The average molecular weight is 195 g/mol. The Morgan fingerprint density at radius 1 is 1.85 bits per heavy atom. The Kier molecular flexibility index (Phi) is 3.01. The summed E-state index contributed by atoms with van der Waals surface area (Å²) in [6.45, 7) is 1.59. The van der Waals surface area contributed by atoms with Crippen molar-refractivity contribution < 1.29 is 4.79 Å². The molecule has 0 aliphatic rings. The number of nitrogens with one attached hydrogen (secondary N) is 1. The Bertz CT molecular complexity index is 351. The van der Waals surface area contributed by atoms with Gasteiger partial charge in [0.15, 0.2) is 0 Å². The fourth-order valence-electron chi connectivity index (χ4n) is 0.720. The quantitative estimate of drug-likeness (QED) is 0.736. The molecule has 1 atom stereocenters. The molecule has 1 heterocycles. The fourth-order valence-corrected chi connectivity index (χ4v) is 1.46. The molecule has 1 aromatic heterocycles. The van der Waals surface area contributed by atoms with E-state index in [0.29, 0.717) is 10.6 Å². The Labute approximate surface area is 80.0 Å². The largest absolute Gasteiger partial charge is 0.320 e. The average Bonchev–Trinajstić information content (AvgIpc) is 2.51. The minimum absolute atomic E-state index is 0.279. The van der Waals surface area contributed by atoms with Crippen LogP contribution in [0.3, 0.4) is 0 Å². The van der Waals surface area contributed by atoms with Crippen LogP contribution in [-0.4, -0.2) is 11.9 Å². The smallest absolute Gasteiger partial charge is 0.241 e. The van der Waals surface area contributed by atoms with Crippen molar-refractivity contribution in [2.24, 2.45) is 5.73 Å². The first-order chi connectivity index (χ1) is 6.15. The first-order valence-electron chi connectivity index (χ1n) is 3.69. The van der Waals surface area contributed by atoms with Gasteiger partial charge in [0.05, 0.1) is 11.6 Å². The van der Waals surface area contributed by atoms with E-state index in [1.54, 1.807) is 18.4 Å². The van der Waals surface area contributed by atoms with Gasteiger partial charge in [0.1, 0.15) is 11.1 Å². The minimum Gasteiger partial charge on any atom is -0.320 e. The number of hydrogen-bond acceptors (Lipinski definition) is 4. The molecule has 0 saturated carbocycles. The second-order valence-electron chi connectivity index (χ2n) is 2.55. The molecule has 0 aliphatic carbocycles. The Morgan fingerprint density at radius 3 is 3.08 bits per heavy atom. The summed E-state index contributed by atoms with van der Waals surface area (Å²) < 4.78 is 0. The van der Waals surface area contributed by atoms with Crippen LogP contribution in [0.4, 0.5) is 5.00 Å². The van der Waals surface area contributed by atoms with Crippen molar-refractivity contribution in [1.82, 2.24) is 0 Å². The van der Waals surface area contributed by atoms with Crippen molar-refractivity contribution in [3.05, 3.63) is 17.0 Å². The highest BCUT2D eigenvalue weighted by Crippen LogP contribution is 2.21. The summed E-state index contributed by atoms with van der Waals surface area (Å²) in [6.07, 6.45) is 0. The number of nitrogens with zero attached hydrogens (tertiary/aromatic N) is 1. The third-order valence-corrected chi connectivity index (χ3v) is 2.27. The van der Waals surface area contributed by atoms with Crippen LogP contribution in [0.5, 0.6) is 0 Å². The maximum atomic E-state index is 11.1. The summed E-state index contributed by atoms with van der Waals surface area (Å²) in [5, 5.41) is 13.5. The molecule has 0 fully saturated rings. The number of nitriles is 1. The monoisotopic (exact) mass is 195 g/mol.